The van der Waals surface area contributed by atoms with Crippen LogP contribution >= 0.6 is 0 Å². The Balaban J connectivity index is 1.37. The molecule has 178 valence electrons. The molecule has 1 aliphatic heterocycles. The summed E-state index contributed by atoms with van der Waals surface area (Å²) in [5.41, 5.74) is 4.26. The van der Waals surface area contributed by atoms with Gasteiger partial charge < -0.3 is 14.7 Å². The monoisotopic (exact) mass is 467 g/mol. The molecule has 1 aromatic heterocycles. The van der Waals surface area contributed by atoms with Gasteiger partial charge in [-0.1, -0.05) is 30.3 Å². The summed E-state index contributed by atoms with van der Waals surface area (Å²) >= 11 is 0. The molecule has 0 spiro atoms. The Kier molecular flexibility index (Phi) is 6.53. The third kappa shape index (κ3) is 5.06. The molecular weight excluding hydrogens is 438 g/mol. The topological polar surface area (TPSA) is 67.6 Å². The van der Waals surface area contributed by atoms with Crippen LogP contribution in [0.4, 0.5) is 0 Å². The Hall–Kier alpha value is -4.06. The van der Waals surface area contributed by atoms with Crippen LogP contribution in [0.1, 0.15) is 28.9 Å². The minimum atomic E-state index is -0.0459. The summed E-state index contributed by atoms with van der Waals surface area (Å²) in [6, 6.07) is 26.9. The molecule has 0 atom stereocenters. The van der Waals surface area contributed by atoms with Crippen molar-refractivity contribution in [3.63, 3.8) is 0 Å². The molecule has 35 heavy (non-hydrogen) atoms. The molecule has 0 radical (unpaired) electrons. The molecule has 1 fully saturated rings. The number of ether oxygens (including phenoxy) is 1. The molecule has 6 nitrogen and oxygen atoms in total. The number of carbonyl (C=O) groups excluding carboxylic acids is 1. The highest BCUT2D eigenvalue weighted by Crippen LogP contribution is 2.28. The smallest absolute Gasteiger partial charge is 0.274 e. The summed E-state index contributed by atoms with van der Waals surface area (Å²) < 4.78 is 7.06. The van der Waals surface area contributed by atoms with Gasteiger partial charge in [-0.3, -0.25) is 4.79 Å². The van der Waals surface area contributed by atoms with E-state index in [1.54, 1.807) is 23.9 Å². The van der Waals surface area contributed by atoms with Gasteiger partial charge in [0.05, 0.1) is 18.5 Å². The summed E-state index contributed by atoms with van der Waals surface area (Å²) in [6.07, 6.45) is 3.04. The number of benzene rings is 3. The SMILES string of the molecule is COc1ccc(-n2nc(C(=O)N3CCC(Cc4ccccc4)CC3)cc2-c2ccc(O)cc2)cc1. The van der Waals surface area contributed by atoms with Gasteiger partial charge >= 0.3 is 0 Å². The number of phenols is 1. The fourth-order valence-corrected chi connectivity index (χ4v) is 4.69. The van der Waals surface area contributed by atoms with E-state index in [4.69, 9.17) is 9.84 Å². The molecule has 1 amide bonds. The standard InChI is InChI=1S/C29H29N3O3/c1-35-26-13-9-24(10-14-26)32-28(23-7-11-25(33)12-8-23)20-27(30-32)29(34)31-17-15-22(16-18-31)19-21-5-3-2-4-6-21/h2-14,20,22,33H,15-19H2,1H3. The zero-order valence-corrected chi connectivity index (χ0v) is 19.8. The van der Waals surface area contributed by atoms with Crippen molar-refractivity contribution in [1.82, 2.24) is 14.7 Å². The van der Waals surface area contributed by atoms with E-state index < -0.39 is 0 Å². The van der Waals surface area contributed by atoms with Crippen LogP contribution in [0, 0.1) is 5.92 Å². The normalized spacial score (nSPS) is 14.1. The molecule has 4 aromatic rings. The van der Waals surface area contributed by atoms with E-state index in [1.807, 2.05) is 53.4 Å². The number of aromatic nitrogens is 2. The van der Waals surface area contributed by atoms with Gasteiger partial charge in [0.25, 0.3) is 5.91 Å². The van der Waals surface area contributed by atoms with E-state index in [9.17, 15) is 9.90 Å². The summed E-state index contributed by atoms with van der Waals surface area (Å²) in [5.74, 6) is 1.49. The number of hydrogen-bond donors (Lipinski definition) is 1. The summed E-state index contributed by atoms with van der Waals surface area (Å²) in [4.78, 5) is 15.4. The number of likely N-dealkylation sites (tertiary alicyclic amines) is 1. The van der Waals surface area contributed by atoms with Gasteiger partial charge in [-0.25, -0.2) is 4.68 Å². The van der Waals surface area contributed by atoms with Crippen molar-refractivity contribution in [3.05, 3.63) is 96.2 Å². The Labute approximate surface area is 205 Å². The first-order valence-electron chi connectivity index (χ1n) is 12.0. The van der Waals surface area contributed by atoms with Crippen molar-refractivity contribution >= 4 is 5.91 Å². The fourth-order valence-electron chi connectivity index (χ4n) is 4.69. The number of phenolic OH excluding ortho intramolecular Hbond substituents is 1. The lowest BCUT2D eigenvalue weighted by Gasteiger charge is -2.31. The highest BCUT2D eigenvalue weighted by Gasteiger charge is 2.26. The third-order valence-corrected chi connectivity index (χ3v) is 6.68. The molecule has 1 aliphatic rings. The first kappa shape index (κ1) is 22.7. The summed E-state index contributed by atoms with van der Waals surface area (Å²) in [5, 5.41) is 14.4. The Morgan fingerprint density at radius 3 is 2.31 bits per heavy atom. The number of amides is 1. The molecule has 5 rings (SSSR count). The van der Waals surface area contributed by atoms with Crippen LogP contribution in [0.5, 0.6) is 11.5 Å². The molecule has 0 bridgehead atoms. The maximum Gasteiger partial charge on any atom is 0.274 e. The molecule has 6 heteroatoms. The van der Waals surface area contributed by atoms with Crippen LogP contribution < -0.4 is 4.74 Å². The minimum Gasteiger partial charge on any atom is -0.508 e. The van der Waals surface area contributed by atoms with E-state index in [0.717, 1.165) is 55.0 Å². The molecule has 0 saturated carbocycles. The van der Waals surface area contributed by atoms with E-state index >= 15 is 0 Å². The van der Waals surface area contributed by atoms with E-state index in [-0.39, 0.29) is 11.7 Å². The Morgan fingerprint density at radius 1 is 0.971 bits per heavy atom. The molecule has 3 aromatic carbocycles. The zero-order valence-electron chi connectivity index (χ0n) is 19.8. The van der Waals surface area contributed by atoms with Crippen molar-refractivity contribution in [3.8, 4) is 28.4 Å². The van der Waals surface area contributed by atoms with Gasteiger partial charge in [0.2, 0.25) is 0 Å². The lowest BCUT2D eigenvalue weighted by Crippen LogP contribution is -2.39. The van der Waals surface area contributed by atoms with Crippen molar-refractivity contribution in [1.29, 1.82) is 0 Å². The van der Waals surface area contributed by atoms with Gasteiger partial charge in [0.15, 0.2) is 5.69 Å². The highest BCUT2D eigenvalue weighted by atomic mass is 16.5. The van der Waals surface area contributed by atoms with E-state index in [1.165, 1.54) is 5.56 Å². The number of aromatic hydroxyl groups is 1. The van der Waals surface area contributed by atoms with Crippen LogP contribution in [0.15, 0.2) is 84.9 Å². The molecule has 1 N–H and O–H groups in total. The van der Waals surface area contributed by atoms with Gasteiger partial charge in [0, 0.05) is 18.7 Å². The highest BCUT2D eigenvalue weighted by molar-refractivity contribution is 5.93. The second-order valence-electron chi connectivity index (χ2n) is 9.00. The lowest BCUT2D eigenvalue weighted by atomic mass is 9.90. The number of hydrogen-bond acceptors (Lipinski definition) is 4. The summed E-state index contributed by atoms with van der Waals surface area (Å²) in [6.45, 7) is 1.47. The number of carbonyl (C=O) groups is 1. The van der Waals surface area contributed by atoms with Gasteiger partial charge in [0.1, 0.15) is 11.5 Å². The second-order valence-corrected chi connectivity index (χ2v) is 9.00. The van der Waals surface area contributed by atoms with Crippen molar-refractivity contribution in [2.24, 2.45) is 5.92 Å². The minimum absolute atomic E-state index is 0.0459. The van der Waals surface area contributed by atoms with Crippen molar-refractivity contribution in [2.75, 3.05) is 20.2 Å². The van der Waals surface area contributed by atoms with Crippen molar-refractivity contribution < 1.29 is 14.6 Å². The number of piperidine rings is 1. The predicted molar refractivity (Wildman–Crippen MR) is 136 cm³/mol. The largest absolute Gasteiger partial charge is 0.508 e. The molecule has 2 heterocycles. The van der Waals surface area contributed by atoms with Crippen LogP contribution in [0.25, 0.3) is 16.9 Å². The average molecular weight is 468 g/mol. The van der Waals surface area contributed by atoms with E-state index in [2.05, 4.69) is 24.3 Å². The molecule has 0 unspecified atom stereocenters. The molecule has 1 saturated heterocycles. The Morgan fingerprint density at radius 2 is 1.66 bits per heavy atom. The molecule has 0 aliphatic carbocycles. The first-order valence-corrected chi connectivity index (χ1v) is 12.0. The maximum atomic E-state index is 13.4. The lowest BCUT2D eigenvalue weighted by molar-refractivity contribution is 0.0684. The number of methoxy groups -OCH3 is 1. The Bertz CT molecular complexity index is 1270. The van der Waals surface area contributed by atoms with Crippen LogP contribution in [-0.2, 0) is 6.42 Å². The zero-order chi connectivity index (χ0) is 24.2. The maximum absolute atomic E-state index is 13.4. The average Bonchev–Trinajstić information content (AvgIpc) is 3.35. The number of rotatable bonds is 6. The quantitative estimate of drug-likeness (QED) is 0.415. The van der Waals surface area contributed by atoms with Gasteiger partial charge in [-0.15, -0.1) is 0 Å². The van der Waals surface area contributed by atoms with Crippen molar-refractivity contribution in [2.45, 2.75) is 19.3 Å². The fraction of sp³-hybridized carbons (Fsp3) is 0.241. The number of nitrogens with zero attached hydrogens (tertiary/aromatic N) is 3. The molecular formula is C29H29N3O3. The van der Waals surface area contributed by atoms with E-state index in [0.29, 0.717) is 11.6 Å². The first-order chi connectivity index (χ1) is 17.1. The summed E-state index contributed by atoms with van der Waals surface area (Å²) in [7, 11) is 1.63. The van der Waals surface area contributed by atoms with Crippen LogP contribution in [-0.4, -0.2) is 45.9 Å². The van der Waals surface area contributed by atoms with Gasteiger partial charge in [-0.05, 0) is 85.3 Å². The third-order valence-electron chi connectivity index (χ3n) is 6.68. The van der Waals surface area contributed by atoms with Crippen LogP contribution in [0.3, 0.4) is 0 Å². The van der Waals surface area contributed by atoms with Gasteiger partial charge in [-0.2, -0.15) is 5.10 Å². The van der Waals surface area contributed by atoms with Crippen LogP contribution in [0.2, 0.25) is 0 Å². The predicted octanol–water partition coefficient (Wildman–Crippen LogP) is 5.35. The second kappa shape index (κ2) is 10.1.